The van der Waals surface area contributed by atoms with Gasteiger partial charge in [0.1, 0.15) is 25.4 Å². The average molecular weight is 564 g/mol. The highest BCUT2D eigenvalue weighted by molar-refractivity contribution is 5.71. The molecule has 12 heteroatoms. The summed E-state index contributed by atoms with van der Waals surface area (Å²) in [5, 5.41) is 3.04. The Morgan fingerprint density at radius 1 is 0.590 bits per heavy atom. The van der Waals surface area contributed by atoms with Gasteiger partial charge in [0.2, 0.25) is 0 Å². The Morgan fingerprint density at radius 3 is 1.21 bits per heavy atom. The summed E-state index contributed by atoms with van der Waals surface area (Å²) >= 11 is 0. The number of hydrogen-bond acceptors (Lipinski definition) is 11. The summed E-state index contributed by atoms with van der Waals surface area (Å²) in [6, 6.07) is 0. The second kappa shape index (κ2) is 21.4. The maximum Gasteiger partial charge on any atom is 0.408 e. The first-order chi connectivity index (χ1) is 18.5. The van der Waals surface area contributed by atoms with E-state index < -0.39 is 35.1 Å². The molecule has 0 saturated heterocycles. The maximum atomic E-state index is 12.8. The molecule has 39 heavy (non-hydrogen) atoms. The topological polar surface area (TPSA) is 145 Å². The molecule has 0 spiro atoms. The van der Waals surface area contributed by atoms with E-state index >= 15 is 0 Å². The first-order valence-electron chi connectivity index (χ1n) is 13.7. The standard InChI is InChI=1S/C27H49NO11/c1-7-36-22(29)19-33-16-10-13-27(28-25(32)39-26(4,5)6,14-11-17-34-20-23(30)37-8-2)15-12-18-35-21-24(31)38-9-3/h7-21H2,1-6H3,(H,28,32). The Bertz CT molecular complexity index is 637. The van der Waals surface area contributed by atoms with Crippen LogP contribution in [0.25, 0.3) is 0 Å². The van der Waals surface area contributed by atoms with Gasteiger partial charge in [0.25, 0.3) is 0 Å². The molecule has 0 fully saturated rings. The van der Waals surface area contributed by atoms with Crippen LogP contribution in [0.5, 0.6) is 0 Å². The normalized spacial score (nSPS) is 11.5. The molecule has 0 aliphatic rings. The fraction of sp³-hybridized carbons (Fsp3) is 0.852. The number of amides is 1. The summed E-state index contributed by atoms with van der Waals surface area (Å²) in [6.45, 7) is 11.8. The smallest absolute Gasteiger partial charge is 0.408 e. The molecule has 0 rings (SSSR count). The van der Waals surface area contributed by atoms with Gasteiger partial charge in [-0.05, 0) is 80.1 Å². The molecule has 228 valence electrons. The molecule has 0 unspecified atom stereocenters. The zero-order valence-corrected chi connectivity index (χ0v) is 24.6. The third kappa shape index (κ3) is 21.1. The summed E-state index contributed by atoms with van der Waals surface area (Å²) in [5.41, 5.74) is -1.40. The molecule has 1 amide bonds. The quantitative estimate of drug-likeness (QED) is 0.118. The van der Waals surface area contributed by atoms with Crippen LogP contribution in [0, 0.1) is 0 Å². The van der Waals surface area contributed by atoms with Gasteiger partial charge in [0.05, 0.1) is 19.8 Å². The predicted octanol–water partition coefficient (Wildman–Crippen LogP) is 3.33. The van der Waals surface area contributed by atoms with E-state index in [2.05, 4.69) is 5.32 Å². The molecule has 0 heterocycles. The van der Waals surface area contributed by atoms with E-state index in [-0.39, 0.29) is 59.5 Å². The van der Waals surface area contributed by atoms with Crippen molar-refractivity contribution >= 4 is 24.0 Å². The van der Waals surface area contributed by atoms with E-state index in [0.29, 0.717) is 38.5 Å². The van der Waals surface area contributed by atoms with E-state index in [9.17, 15) is 19.2 Å². The molecule has 12 nitrogen and oxygen atoms in total. The number of nitrogens with one attached hydrogen (secondary N) is 1. The maximum absolute atomic E-state index is 12.8. The van der Waals surface area contributed by atoms with E-state index in [4.69, 9.17) is 33.2 Å². The number of rotatable bonds is 22. The van der Waals surface area contributed by atoms with Gasteiger partial charge >= 0.3 is 24.0 Å². The Kier molecular flexibility index (Phi) is 20.1. The molecule has 0 saturated carbocycles. The molecule has 0 aliphatic carbocycles. The highest BCUT2D eigenvalue weighted by atomic mass is 16.6. The Balaban J connectivity index is 5.29. The van der Waals surface area contributed by atoms with Gasteiger partial charge in [0, 0.05) is 25.4 Å². The zero-order chi connectivity index (χ0) is 29.6. The second-order valence-electron chi connectivity index (χ2n) is 9.79. The molecule has 0 aromatic heterocycles. The van der Waals surface area contributed by atoms with Crippen LogP contribution in [-0.2, 0) is 47.5 Å². The van der Waals surface area contributed by atoms with Crippen molar-refractivity contribution in [2.24, 2.45) is 0 Å². The van der Waals surface area contributed by atoms with Gasteiger partial charge < -0.3 is 38.5 Å². The van der Waals surface area contributed by atoms with Crippen LogP contribution in [0.15, 0.2) is 0 Å². The van der Waals surface area contributed by atoms with E-state index in [0.717, 1.165) is 0 Å². The van der Waals surface area contributed by atoms with Crippen LogP contribution in [0.2, 0.25) is 0 Å². The average Bonchev–Trinajstić information content (AvgIpc) is 2.82. The van der Waals surface area contributed by atoms with Crippen LogP contribution in [0.1, 0.15) is 80.1 Å². The highest BCUT2D eigenvalue weighted by Crippen LogP contribution is 2.27. The second-order valence-corrected chi connectivity index (χ2v) is 9.79. The number of hydrogen-bond donors (Lipinski definition) is 1. The molecular formula is C27H49NO11. The van der Waals surface area contributed by atoms with Crippen molar-refractivity contribution in [3.05, 3.63) is 0 Å². The molecule has 0 atom stereocenters. The molecular weight excluding hydrogens is 514 g/mol. The molecule has 0 radical (unpaired) electrons. The lowest BCUT2D eigenvalue weighted by Gasteiger charge is -2.36. The van der Waals surface area contributed by atoms with Crippen LogP contribution in [-0.4, -0.2) is 94.6 Å². The van der Waals surface area contributed by atoms with Crippen LogP contribution >= 0.6 is 0 Å². The van der Waals surface area contributed by atoms with Crippen molar-refractivity contribution in [2.75, 3.05) is 59.5 Å². The summed E-state index contributed by atoms with van der Waals surface area (Å²) in [7, 11) is 0. The van der Waals surface area contributed by atoms with Crippen molar-refractivity contribution in [1.82, 2.24) is 5.32 Å². The lowest BCUT2D eigenvalue weighted by molar-refractivity contribution is -0.149. The third-order valence-electron chi connectivity index (χ3n) is 5.17. The van der Waals surface area contributed by atoms with E-state index in [1.807, 2.05) is 0 Å². The number of esters is 3. The molecule has 0 aromatic carbocycles. The SMILES string of the molecule is CCOC(=O)COCCCC(CCCOCC(=O)OCC)(CCCOCC(=O)OCC)NC(=O)OC(C)(C)C. The molecule has 1 N–H and O–H groups in total. The summed E-state index contributed by atoms with van der Waals surface area (Å²) in [5.74, 6) is -1.31. The number of alkyl carbamates (subject to hydrolysis) is 1. The summed E-state index contributed by atoms with van der Waals surface area (Å²) in [4.78, 5) is 47.5. The van der Waals surface area contributed by atoms with Crippen molar-refractivity contribution < 1.29 is 52.3 Å². The molecule has 0 aliphatic heterocycles. The van der Waals surface area contributed by atoms with Gasteiger partial charge in [-0.15, -0.1) is 0 Å². The zero-order valence-electron chi connectivity index (χ0n) is 24.6. The van der Waals surface area contributed by atoms with Crippen LogP contribution in [0.3, 0.4) is 0 Å². The first kappa shape index (κ1) is 36.6. The minimum Gasteiger partial charge on any atom is -0.464 e. The van der Waals surface area contributed by atoms with Gasteiger partial charge in [-0.2, -0.15) is 0 Å². The molecule has 0 aromatic rings. The van der Waals surface area contributed by atoms with Crippen molar-refractivity contribution in [2.45, 2.75) is 91.2 Å². The van der Waals surface area contributed by atoms with E-state index in [1.54, 1.807) is 41.5 Å². The van der Waals surface area contributed by atoms with Crippen LogP contribution in [0.4, 0.5) is 4.79 Å². The Labute approximate surface area is 232 Å². The summed E-state index contributed by atoms with van der Waals surface area (Å²) in [6.07, 6.45) is 2.63. The largest absolute Gasteiger partial charge is 0.464 e. The van der Waals surface area contributed by atoms with E-state index in [1.165, 1.54) is 0 Å². The van der Waals surface area contributed by atoms with Crippen LogP contribution < -0.4 is 5.32 Å². The third-order valence-corrected chi connectivity index (χ3v) is 5.17. The monoisotopic (exact) mass is 563 g/mol. The number of ether oxygens (including phenoxy) is 7. The van der Waals surface area contributed by atoms with Gasteiger partial charge in [-0.25, -0.2) is 19.2 Å². The Hall–Kier alpha value is -2.44. The van der Waals surface area contributed by atoms with Gasteiger partial charge in [0.15, 0.2) is 0 Å². The minimum absolute atomic E-state index is 0.149. The van der Waals surface area contributed by atoms with Gasteiger partial charge in [-0.1, -0.05) is 0 Å². The summed E-state index contributed by atoms with van der Waals surface area (Å²) < 4.78 is 36.5. The van der Waals surface area contributed by atoms with Crippen molar-refractivity contribution in [3.8, 4) is 0 Å². The fourth-order valence-corrected chi connectivity index (χ4v) is 3.69. The highest BCUT2D eigenvalue weighted by Gasteiger charge is 2.33. The lowest BCUT2D eigenvalue weighted by Crippen LogP contribution is -2.50. The number of carbonyl (C=O) groups excluding carboxylic acids is 4. The predicted molar refractivity (Wildman–Crippen MR) is 142 cm³/mol. The fourth-order valence-electron chi connectivity index (χ4n) is 3.69. The first-order valence-corrected chi connectivity index (χ1v) is 13.7. The van der Waals surface area contributed by atoms with Crippen molar-refractivity contribution in [3.63, 3.8) is 0 Å². The van der Waals surface area contributed by atoms with Gasteiger partial charge in [-0.3, -0.25) is 0 Å². The molecule has 0 bridgehead atoms. The lowest BCUT2D eigenvalue weighted by atomic mass is 9.84. The van der Waals surface area contributed by atoms with Crippen molar-refractivity contribution in [1.29, 1.82) is 0 Å². The number of carbonyl (C=O) groups is 4. The Morgan fingerprint density at radius 2 is 0.923 bits per heavy atom. The minimum atomic E-state index is -0.712.